The van der Waals surface area contributed by atoms with Crippen LogP contribution >= 0.6 is 0 Å². The Bertz CT molecular complexity index is 517. The molecule has 1 aliphatic rings. The van der Waals surface area contributed by atoms with E-state index in [1.165, 1.54) is 14.2 Å². The lowest BCUT2D eigenvalue weighted by atomic mass is 9.91. The zero-order chi connectivity index (χ0) is 16.4. The number of alkyl halides is 3. The van der Waals surface area contributed by atoms with Crippen LogP contribution < -0.4 is 9.64 Å². The lowest BCUT2D eigenvalue weighted by Crippen LogP contribution is -2.53. The van der Waals surface area contributed by atoms with Gasteiger partial charge in [0.1, 0.15) is 12.4 Å². The summed E-state index contributed by atoms with van der Waals surface area (Å²) in [6, 6.07) is 1.55. The van der Waals surface area contributed by atoms with Crippen LogP contribution in [-0.4, -0.2) is 54.2 Å². The molecule has 2 rings (SSSR count). The summed E-state index contributed by atoms with van der Waals surface area (Å²) in [5.41, 5.74) is -2.63. The van der Waals surface area contributed by atoms with Gasteiger partial charge in [-0.15, -0.1) is 0 Å². The van der Waals surface area contributed by atoms with Crippen LogP contribution in [0.3, 0.4) is 0 Å². The first-order valence-corrected chi connectivity index (χ1v) is 6.74. The zero-order valence-corrected chi connectivity index (χ0v) is 12.4. The van der Waals surface area contributed by atoms with Gasteiger partial charge in [-0.05, 0) is 0 Å². The standard InChI is InChI=1S/C13H18F3N3O3/c1-21-8-9-17-10(7-11(18-9)22-2)19-5-3-12(20,4-6-19)13(14,15)16/h7,20H,3-6,8H2,1-2H3. The van der Waals surface area contributed by atoms with Crippen molar-refractivity contribution < 1.29 is 27.8 Å². The summed E-state index contributed by atoms with van der Waals surface area (Å²) in [6.07, 6.45) is -5.42. The van der Waals surface area contributed by atoms with Gasteiger partial charge in [-0.25, -0.2) is 4.98 Å². The summed E-state index contributed by atoms with van der Waals surface area (Å²) in [6.45, 7) is 0.260. The summed E-state index contributed by atoms with van der Waals surface area (Å²) in [5, 5.41) is 9.68. The molecule has 0 radical (unpaired) electrons. The van der Waals surface area contributed by atoms with Crippen LogP contribution in [0.1, 0.15) is 18.7 Å². The molecular weight excluding hydrogens is 303 g/mol. The van der Waals surface area contributed by atoms with Crippen LogP contribution in [0.2, 0.25) is 0 Å². The molecule has 22 heavy (non-hydrogen) atoms. The van der Waals surface area contributed by atoms with E-state index in [-0.39, 0.29) is 19.7 Å². The molecule has 124 valence electrons. The third kappa shape index (κ3) is 3.41. The minimum atomic E-state index is -4.62. The van der Waals surface area contributed by atoms with Crippen LogP contribution in [0.15, 0.2) is 6.07 Å². The molecule has 1 saturated heterocycles. The van der Waals surface area contributed by atoms with Crippen molar-refractivity contribution in [2.75, 3.05) is 32.2 Å². The Morgan fingerprint density at radius 2 is 1.91 bits per heavy atom. The molecule has 0 aromatic carbocycles. The SMILES string of the molecule is COCc1nc(OC)cc(N2CCC(O)(C(F)(F)F)CC2)n1. The summed E-state index contributed by atoms with van der Waals surface area (Å²) in [7, 11) is 2.94. The van der Waals surface area contributed by atoms with E-state index in [1.54, 1.807) is 11.0 Å². The normalized spacial score (nSPS) is 18.4. The fraction of sp³-hybridized carbons (Fsp3) is 0.692. The number of hydrogen-bond acceptors (Lipinski definition) is 6. The Balaban J connectivity index is 2.15. The van der Waals surface area contributed by atoms with Crippen molar-refractivity contribution in [1.29, 1.82) is 0 Å². The van der Waals surface area contributed by atoms with E-state index in [9.17, 15) is 18.3 Å². The minimum absolute atomic E-state index is 0.0442. The zero-order valence-electron chi connectivity index (χ0n) is 12.4. The van der Waals surface area contributed by atoms with Gasteiger partial charge in [0, 0.05) is 39.1 Å². The highest BCUT2D eigenvalue weighted by Gasteiger charge is 2.54. The first kappa shape index (κ1) is 16.8. The van der Waals surface area contributed by atoms with Gasteiger partial charge in [0.2, 0.25) is 5.88 Å². The molecule has 2 heterocycles. The Morgan fingerprint density at radius 1 is 1.27 bits per heavy atom. The van der Waals surface area contributed by atoms with Crippen molar-refractivity contribution in [3.63, 3.8) is 0 Å². The number of methoxy groups -OCH3 is 2. The highest BCUT2D eigenvalue weighted by molar-refractivity contribution is 5.42. The Morgan fingerprint density at radius 3 is 2.41 bits per heavy atom. The second-order valence-corrected chi connectivity index (χ2v) is 5.13. The van der Waals surface area contributed by atoms with Crippen LogP contribution in [0.4, 0.5) is 19.0 Å². The van der Waals surface area contributed by atoms with Gasteiger partial charge in [-0.2, -0.15) is 18.2 Å². The quantitative estimate of drug-likeness (QED) is 0.907. The van der Waals surface area contributed by atoms with Crippen LogP contribution in [0.5, 0.6) is 5.88 Å². The second-order valence-electron chi connectivity index (χ2n) is 5.13. The number of aliphatic hydroxyl groups is 1. The highest BCUT2D eigenvalue weighted by Crippen LogP contribution is 2.39. The molecular formula is C13H18F3N3O3. The summed E-state index contributed by atoms with van der Waals surface area (Å²) < 4.78 is 48.4. The van der Waals surface area contributed by atoms with Crippen LogP contribution in [0.25, 0.3) is 0 Å². The summed E-state index contributed by atoms with van der Waals surface area (Å²) in [5.74, 6) is 1.16. The maximum Gasteiger partial charge on any atom is 0.417 e. The van der Waals surface area contributed by atoms with Crippen molar-refractivity contribution >= 4 is 5.82 Å². The molecule has 0 spiro atoms. The lowest BCUT2D eigenvalue weighted by Gasteiger charge is -2.39. The van der Waals surface area contributed by atoms with E-state index in [0.717, 1.165) is 0 Å². The number of ether oxygens (including phenoxy) is 2. The fourth-order valence-corrected chi connectivity index (χ4v) is 2.31. The third-order valence-corrected chi connectivity index (χ3v) is 3.66. The molecule has 0 atom stereocenters. The van der Waals surface area contributed by atoms with Crippen LogP contribution in [0, 0.1) is 0 Å². The molecule has 1 aliphatic heterocycles. The average molecular weight is 321 g/mol. The minimum Gasteiger partial charge on any atom is -0.481 e. The fourth-order valence-electron chi connectivity index (χ4n) is 2.31. The number of piperidine rings is 1. The molecule has 0 bridgehead atoms. The van der Waals surface area contributed by atoms with Gasteiger partial charge < -0.3 is 19.5 Å². The maximum atomic E-state index is 12.8. The Hall–Kier alpha value is -1.61. The van der Waals surface area contributed by atoms with E-state index in [4.69, 9.17) is 9.47 Å². The van der Waals surface area contributed by atoms with E-state index in [1.807, 2.05) is 0 Å². The second kappa shape index (κ2) is 6.25. The number of aromatic nitrogens is 2. The predicted octanol–water partition coefficient (Wildman–Crippen LogP) is 1.53. The first-order valence-electron chi connectivity index (χ1n) is 6.74. The molecule has 0 amide bonds. The van der Waals surface area contributed by atoms with Crippen molar-refractivity contribution in [1.82, 2.24) is 9.97 Å². The molecule has 9 heteroatoms. The molecule has 6 nitrogen and oxygen atoms in total. The van der Waals surface area contributed by atoms with Gasteiger partial charge in [0.15, 0.2) is 11.4 Å². The lowest BCUT2D eigenvalue weighted by molar-refractivity contribution is -0.266. The molecule has 1 N–H and O–H groups in total. The number of anilines is 1. The third-order valence-electron chi connectivity index (χ3n) is 3.66. The molecule has 1 fully saturated rings. The van der Waals surface area contributed by atoms with Gasteiger partial charge in [-0.1, -0.05) is 0 Å². The molecule has 0 saturated carbocycles. The van der Waals surface area contributed by atoms with E-state index in [0.29, 0.717) is 17.5 Å². The number of rotatable bonds is 4. The van der Waals surface area contributed by atoms with E-state index in [2.05, 4.69) is 9.97 Å². The number of nitrogens with zero attached hydrogens (tertiary/aromatic N) is 3. The molecule has 0 aliphatic carbocycles. The van der Waals surface area contributed by atoms with Gasteiger partial charge in [0.25, 0.3) is 0 Å². The largest absolute Gasteiger partial charge is 0.481 e. The monoisotopic (exact) mass is 321 g/mol. The summed E-state index contributed by atoms with van der Waals surface area (Å²) in [4.78, 5) is 10.0. The maximum absolute atomic E-state index is 12.8. The highest BCUT2D eigenvalue weighted by atomic mass is 19.4. The van der Waals surface area contributed by atoms with E-state index >= 15 is 0 Å². The smallest absolute Gasteiger partial charge is 0.417 e. The summed E-state index contributed by atoms with van der Waals surface area (Å²) >= 11 is 0. The predicted molar refractivity (Wildman–Crippen MR) is 71.7 cm³/mol. The van der Waals surface area contributed by atoms with Gasteiger partial charge >= 0.3 is 6.18 Å². The molecule has 1 aromatic rings. The number of halogens is 3. The average Bonchev–Trinajstić information content (AvgIpc) is 2.47. The Kier molecular flexibility index (Phi) is 4.76. The van der Waals surface area contributed by atoms with E-state index < -0.39 is 24.6 Å². The van der Waals surface area contributed by atoms with Gasteiger partial charge in [0.05, 0.1) is 7.11 Å². The van der Waals surface area contributed by atoms with Crippen molar-refractivity contribution in [2.24, 2.45) is 0 Å². The van der Waals surface area contributed by atoms with Crippen LogP contribution in [-0.2, 0) is 11.3 Å². The van der Waals surface area contributed by atoms with Crippen molar-refractivity contribution in [3.05, 3.63) is 11.9 Å². The number of hydrogen-bond donors (Lipinski definition) is 1. The molecule has 1 aromatic heterocycles. The van der Waals surface area contributed by atoms with Crippen molar-refractivity contribution in [2.45, 2.75) is 31.2 Å². The topological polar surface area (TPSA) is 67.7 Å². The first-order chi connectivity index (χ1) is 10.3. The van der Waals surface area contributed by atoms with Gasteiger partial charge in [-0.3, -0.25) is 0 Å². The molecule has 0 unspecified atom stereocenters. The Labute approximate surface area is 125 Å². The van der Waals surface area contributed by atoms with Crippen molar-refractivity contribution in [3.8, 4) is 5.88 Å².